The number of H-pyrrole nitrogens is 1. The van der Waals surface area contributed by atoms with Gasteiger partial charge in [0.2, 0.25) is 0 Å². The molecule has 1 aliphatic heterocycles. The molecule has 6 nitrogen and oxygen atoms in total. The number of halogens is 3. The average Bonchev–Trinajstić information content (AvgIpc) is 3.31. The molecule has 9 heteroatoms. The molecule has 1 atom stereocenters. The Morgan fingerprint density at radius 1 is 1.07 bits per heavy atom. The Morgan fingerprint density at radius 3 is 2.47 bits per heavy atom. The molecule has 3 heterocycles. The third-order valence-electron chi connectivity index (χ3n) is 4.77. The molecule has 0 radical (unpaired) electrons. The number of nitrogens with one attached hydrogen (secondary N) is 3. The normalized spacial score (nSPS) is 19.1. The van der Waals surface area contributed by atoms with E-state index in [4.69, 9.17) is 4.42 Å². The smallest absolute Gasteiger partial charge is 0.465 e. The number of furan rings is 1. The van der Waals surface area contributed by atoms with Crippen LogP contribution >= 0.6 is 0 Å². The van der Waals surface area contributed by atoms with Gasteiger partial charge in [0.15, 0.2) is 6.54 Å². The highest BCUT2D eigenvalue weighted by atomic mass is 19.4. The van der Waals surface area contributed by atoms with Gasteiger partial charge < -0.3 is 4.42 Å². The zero-order valence-electron chi connectivity index (χ0n) is 16.0. The van der Waals surface area contributed by atoms with Gasteiger partial charge in [-0.3, -0.25) is 0 Å². The number of hydrogen-bond donors (Lipinski definition) is 2. The molecule has 3 N–H and O–H groups in total. The van der Waals surface area contributed by atoms with Gasteiger partial charge in [-0.2, -0.15) is 18.1 Å². The molecule has 1 amide bonds. The quantitative estimate of drug-likeness (QED) is 0.664. The minimum Gasteiger partial charge on any atom is -0.465 e. The fraction of sp³-hybridized carbons (Fsp3) is 0.190. The molecule has 0 aliphatic carbocycles. The lowest BCUT2D eigenvalue weighted by Crippen LogP contribution is -2.94. The molecule has 0 saturated heterocycles. The summed E-state index contributed by atoms with van der Waals surface area (Å²) >= 11 is 0. The number of hydrogen-bond acceptors (Lipinski definition) is 3. The molecule has 1 aromatic carbocycles. The van der Waals surface area contributed by atoms with E-state index in [1.807, 2.05) is 0 Å². The minimum atomic E-state index is -4.94. The van der Waals surface area contributed by atoms with Gasteiger partial charge >= 0.3 is 17.7 Å². The summed E-state index contributed by atoms with van der Waals surface area (Å²) in [5, 5.41) is 2.36. The van der Waals surface area contributed by atoms with E-state index in [0.29, 0.717) is 17.0 Å². The van der Waals surface area contributed by atoms with Crippen molar-refractivity contribution >= 4 is 17.6 Å². The average molecular weight is 416 g/mol. The number of nitrogens with zero attached hydrogens (tertiary/aromatic N) is 1. The Bertz CT molecular complexity index is 1080. The Balaban J connectivity index is 1.84. The summed E-state index contributed by atoms with van der Waals surface area (Å²) in [6, 6.07) is 16.4. The zero-order chi connectivity index (χ0) is 21.4. The summed E-state index contributed by atoms with van der Waals surface area (Å²) in [6.07, 6.45) is -3.54. The topological polar surface area (TPSA) is 73.6 Å². The molecule has 154 valence electrons. The second-order valence-electron chi connectivity index (χ2n) is 6.93. The number of benzene rings is 1. The number of aryl methyl sites for hydroxylation is 1. The Morgan fingerprint density at radius 2 is 1.83 bits per heavy atom. The van der Waals surface area contributed by atoms with Crippen LogP contribution in [-0.2, 0) is 11.3 Å². The first kappa shape index (κ1) is 19.7. The highest BCUT2D eigenvalue weighted by molar-refractivity contribution is 6.10. The van der Waals surface area contributed by atoms with E-state index in [-0.39, 0.29) is 18.2 Å². The monoisotopic (exact) mass is 416 g/mol. The van der Waals surface area contributed by atoms with E-state index in [1.165, 1.54) is 12.3 Å². The number of carbonyl (C=O) groups excluding carboxylic acids is 1. The Kier molecular flexibility index (Phi) is 4.81. The van der Waals surface area contributed by atoms with Crippen molar-refractivity contribution in [1.82, 2.24) is 4.90 Å². The predicted octanol–water partition coefficient (Wildman–Crippen LogP) is 1.64. The molecule has 0 saturated carbocycles. The van der Waals surface area contributed by atoms with Gasteiger partial charge in [0, 0.05) is 6.07 Å². The van der Waals surface area contributed by atoms with E-state index in [0.717, 1.165) is 4.90 Å². The maximum absolute atomic E-state index is 14.4. The molecule has 0 fully saturated rings. The van der Waals surface area contributed by atoms with Crippen LogP contribution in [0.1, 0.15) is 17.0 Å². The number of pyridine rings is 1. The van der Waals surface area contributed by atoms with Crippen LogP contribution in [0, 0.1) is 6.92 Å². The molecule has 30 heavy (non-hydrogen) atoms. The summed E-state index contributed by atoms with van der Waals surface area (Å²) in [7, 11) is 0. The standard InChI is InChI=1S/C21H17F3N4O2/c1-14-7-5-11-17(25-14)26-20(21(22,23)24)19(29)28(13-16-10-6-12-30-16)18(27-20)15-8-3-2-4-9-15/h2-12H,13H2,1H3,(H,25,26)/p+2/t20-/m0/s1. The number of alkyl halides is 3. The molecular weight excluding hydrogens is 397 g/mol. The number of carbonyl (C=O) groups is 1. The Labute approximate surface area is 170 Å². The molecule has 3 aromatic rings. The number of aromatic nitrogens is 1. The summed E-state index contributed by atoms with van der Waals surface area (Å²) in [5.41, 5.74) is -1.96. The number of amidine groups is 1. The van der Waals surface area contributed by atoms with Crippen molar-refractivity contribution in [3.8, 4) is 0 Å². The predicted molar refractivity (Wildman–Crippen MR) is 101 cm³/mol. The first-order valence-corrected chi connectivity index (χ1v) is 9.19. The fourth-order valence-electron chi connectivity index (χ4n) is 3.34. The molecular formula is C21H19F3N4O2+2. The van der Waals surface area contributed by atoms with Crippen molar-refractivity contribution in [2.75, 3.05) is 5.32 Å². The third kappa shape index (κ3) is 3.42. The van der Waals surface area contributed by atoms with E-state index in [2.05, 4.69) is 15.3 Å². The lowest BCUT2D eigenvalue weighted by atomic mass is 10.1. The van der Waals surface area contributed by atoms with Crippen molar-refractivity contribution < 1.29 is 32.4 Å². The summed E-state index contributed by atoms with van der Waals surface area (Å²) < 4.78 is 48.4. The van der Waals surface area contributed by atoms with Crippen LogP contribution in [0.25, 0.3) is 0 Å². The number of rotatable bonds is 5. The molecule has 0 spiro atoms. The van der Waals surface area contributed by atoms with Gasteiger partial charge in [0.05, 0.1) is 17.5 Å². The van der Waals surface area contributed by atoms with Crippen LogP contribution < -0.4 is 15.3 Å². The highest BCUT2D eigenvalue weighted by Crippen LogP contribution is 2.32. The van der Waals surface area contributed by atoms with E-state index < -0.39 is 17.7 Å². The summed E-state index contributed by atoms with van der Waals surface area (Å²) in [6.45, 7) is 1.56. The van der Waals surface area contributed by atoms with Crippen LogP contribution in [0.15, 0.2) is 71.3 Å². The van der Waals surface area contributed by atoms with Gasteiger partial charge in [0.25, 0.3) is 11.7 Å². The number of anilines is 1. The van der Waals surface area contributed by atoms with Crippen LogP contribution in [0.4, 0.5) is 19.0 Å². The largest absolute Gasteiger partial charge is 0.488 e. The van der Waals surface area contributed by atoms with E-state index >= 15 is 0 Å². The van der Waals surface area contributed by atoms with Crippen LogP contribution in [-0.4, -0.2) is 28.5 Å². The van der Waals surface area contributed by atoms with Crippen LogP contribution in [0.2, 0.25) is 0 Å². The SMILES string of the molecule is Cc1cccc(N[C@]2(C(F)(F)F)[NH+]=C(c3ccccc3)N(Cc3ccco3)C2=O)[nH+]1. The van der Waals surface area contributed by atoms with Crippen molar-refractivity contribution in [3.63, 3.8) is 0 Å². The van der Waals surface area contributed by atoms with E-state index in [9.17, 15) is 18.0 Å². The lowest BCUT2D eigenvalue weighted by molar-refractivity contribution is -0.568. The second-order valence-corrected chi connectivity index (χ2v) is 6.93. The summed E-state index contributed by atoms with van der Waals surface area (Å²) in [5.74, 6) is -0.728. The van der Waals surface area contributed by atoms with Gasteiger partial charge in [-0.25, -0.2) is 20.1 Å². The number of amides is 1. The van der Waals surface area contributed by atoms with Crippen molar-refractivity contribution in [2.24, 2.45) is 0 Å². The second kappa shape index (κ2) is 7.33. The van der Waals surface area contributed by atoms with Crippen molar-refractivity contribution in [3.05, 3.63) is 83.9 Å². The van der Waals surface area contributed by atoms with Gasteiger partial charge in [-0.1, -0.05) is 24.3 Å². The first-order chi connectivity index (χ1) is 14.3. The third-order valence-corrected chi connectivity index (χ3v) is 4.77. The van der Waals surface area contributed by atoms with Gasteiger partial charge in [0.1, 0.15) is 5.76 Å². The first-order valence-electron chi connectivity index (χ1n) is 9.19. The maximum Gasteiger partial charge on any atom is 0.488 e. The van der Waals surface area contributed by atoms with Gasteiger partial charge in [-0.15, -0.1) is 0 Å². The van der Waals surface area contributed by atoms with Crippen molar-refractivity contribution in [2.45, 2.75) is 25.3 Å². The zero-order valence-corrected chi connectivity index (χ0v) is 16.0. The van der Waals surface area contributed by atoms with Crippen molar-refractivity contribution in [1.29, 1.82) is 0 Å². The molecule has 0 bridgehead atoms. The Hall–Kier alpha value is -3.62. The molecule has 1 aliphatic rings. The van der Waals surface area contributed by atoms with Gasteiger partial charge in [-0.05, 0) is 37.3 Å². The molecule has 4 rings (SSSR count). The maximum atomic E-state index is 14.4. The fourth-order valence-corrected chi connectivity index (χ4v) is 3.34. The van der Waals surface area contributed by atoms with Crippen LogP contribution in [0.5, 0.6) is 0 Å². The molecule has 0 unspecified atom stereocenters. The minimum absolute atomic E-state index is 0.0366. The summed E-state index contributed by atoms with van der Waals surface area (Å²) in [4.78, 5) is 19.6. The number of aromatic amines is 1. The van der Waals surface area contributed by atoms with Crippen LogP contribution in [0.3, 0.4) is 0 Å². The molecule has 2 aromatic heterocycles. The van der Waals surface area contributed by atoms with E-state index in [1.54, 1.807) is 61.5 Å². The lowest BCUT2D eigenvalue weighted by Gasteiger charge is -2.20. The highest BCUT2D eigenvalue weighted by Gasteiger charge is 2.75.